The predicted octanol–water partition coefficient (Wildman–Crippen LogP) is 2.95. The number of likely N-dealkylation sites (tertiary alicyclic amines) is 1. The first-order chi connectivity index (χ1) is 10.1. The number of carboxylic acids is 1. The molecule has 0 bridgehead atoms. The summed E-state index contributed by atoms with van der Waals surface area (Å²) in [7, 11) is 0. The van der Waals surface area contributed by atoms with Crippen LogP contribution in [-0.2, 0) is 4.79 Å². The van der Waals surface area contributed by atoms with Gasteiger partial charge in [-0.2, -0.15) is 0 Å². The van der Waals surface area contributed by atoms with E-state index in [0.717, 1.165) is 38.0 Å². The number of aliphatic hydroxyl groups is 1. The van der Waals surface area contributed by atoms with Gasteiger partial charge < -0.3 is 15.1 Å². The molecular weight excluding hydrogens is 290 g/mol. The van der Waals surface area contributed by atoms with Crippen molar-refractivity contribution in [3.05, 3.63) is 34.9 Å². The highest BCUT2D eigenvalue weighted by Gasteiger charge is 2.26. The molecule has 2 rings (SSSR count). The van der Waals surface area contributed by atoms with E-state index in [1.165, 1.54) is 0 Å². The molecule has 1 aromatic carbocycles. The molecule has 1 unspecified atom stereocenters. The number of aliphatic carboxylic acids is 1. The Morgan fingerprint density at radius 1 is 1.29 bits per heavy atom. The van der Waals surface area contributed by atoms with Gasteiger partial charge in [0.15, 0.2) is 0 Å². The standard InChI is InChI=1S/C16H22ClNO3/c17-14-5-3-12(4-6-14)16(21)13-7-10-18(11-8-13)9-1-2-15(19)20/h3-6,13,16,21H,1-2,7-11H2,(H,19,20). The molecule has 0 saturated carbocycles. The van der Waals surface area contributed by atoms with Crippen LogP contribution in [0.5, 0.6) is 0 Å². The zero-order valence-electron chi connectivity index (χ0n) is 12.0. The van der Waals surface area contributed by atoms with Crippen LogP contribution in [0.1, 0.15) is 37.4 Å². The molecule has 0 aromatic heterocycles. The first-order valence-electron chi connectivity index (χ1n) is 7.44. The Balaban J connectivity index is 1.77. The predicted molar refractivity (Wildman–Crippen MR) is 82.4 cm³/mol. The average Bonchev–Trinajstić information content (AvgIpc) is 2.48. The van der Waals surface area contributed by atoms with E-state index in [0.29, 0.717) is 11.4 Å². The highest BCUT2D eigenvalue weighted by atomic mass is 35.5. The molecule has 0 spiro atoms. The van der Waals surface area contributed by atoms with Crippen molar-refractivity contribution < 1.29 is 15.0 Å². The van der Waals surface area contributed by atoms with Gasteiger partial charge in [-0.25, -0.2) is 0 Å². The van der Waals surface area contributed by atoms with Crippen molar-refractivity contribution in [1.82, 2.24) is 4.90 Å². The number of piperidine rings is 1. The Kier molecular flexibility index (Phi) is 6.03. The largest absolute Gasteiger partial charge is 0.481 e. The van der Waals surface area contributed by atoms with E-state index >= 15 is 0 Å². The molecule has 1 saturated heterocycles. The number of carbonyl (C=O) groups is 1. The quantitative estimate of drug-likeness (QED) is 0.848. The van der Waals surface area contributed by atoms with E-state index in [1.54, 1.807) is 12.1 Å². The minimum Gasteiger partial charge on any atom is -0.481 e. The number of hydrogen-bond donors (Lipinski definition) is 2. The summed E-state index contributed by atoms with van der Waals surface area (Å²) in [5, 5.41) is 19.8. The normalized spacial score (nSPS) is 18.6. The second-order valence-electron chi connectivity index (χ2n) is 5.67. The lowest BCUT2D eigenvalue weighted by atomic mass is 9.87. The van der Waals surface area contributed by atoms with Crippen LogP contribution < -0.4 is 0 Å². The van der Waals surface area contributed by atoms with Crippen LogP contribution >= 0.6 is 11.6 Å². The van der Waals surface area contributed by atoms with Crippen molar-refractivity contribution in [3.63, 3.8) is 0 Å². The molecule has 1 heterocycles. The number of carboxylic acid groups (broad SMARTS) is 1. The van der Waals surface area contributed by atoms with Crippen LogP contribution in [0.2, 0.25) is 5.02 Å². The highest BCUT2D eigenvalue weighted by molar-refractivity contribution is 6.30. The maximum absolute atomic E-state index is 10.5. The van der Waals surface area contributed by atoms with Crippen molar-refractivity contribution in [3.8, 4) is 0 Å². The molecule has 5 heteroatoms. The number of benzene rings is 1. The lowest BCUT2D eigenvalue weighted by Crippen LogP contribution is -2.36. The fourth-order valence-electron chi connectivity index (χ4n) is 2.88. The number of aliphatic hydroxyl groups excluding tert-OH is 1. The van der Waals surface area contributed by atoms with Gasteiger partial charge in [0.1, 0.15) is 0 Å². The SMILES string of the molecule is O=C(O)CCCN1CCC(C(O)c2ccc(Cl)cc2)CC1. The summed E-state index contributed by atoms with van der Waals surface area (Å²) < 4.78 is 0. The average molecular weight is 312 g/mol. The summed E-state index contributed by atoms with van der Waals surface area (Å²) >= 11 is 5.86. The summed E-state index contributed by atoms with van der Waals surface area (Å²) in [6.07, 6.45) is 2.37. The number of nitrogens with zero attached hydrogens (tertiary/aromatic N) is 1. The lowest BCUT2D eigenvalue weighted by Gasteiger charge is -2.34. The zero-order valence-corrected chi connectivity index (χ0v) is 12.8. The maximum atomic E-state index is 10.5. The van der Waals surface area contributed by atoms with Crippen molar-refractivity contribution in [2.24, 2.45) is 5.92 Å². The summed E-state index contributed by atoms with van der Waals surface area (Å²) in [6.45, 7) is 2.68. The molecule has 0 radical (unpaired) electrons. The van der Waals surface area contributed by atoms with Gasteiger partial charge >= 0.3 is 5.97 Å². The number of hydrogen-bond acceptors (Lipinski definition) is 3. The van der Waals surface area contributed by atoms with Crippen molar-refractivity contribution in [1.29, 1.82) is 0 Å². The first-order valence-corrected chi connectivity index (χ1v) is 7.81. The molecule has 1 aliphatic heterocycles. The van der Waals surface area contributed by atoms with Gasteiger partial charge in [0.05, 0.1) is 6.10 Å². The Hall–Kier alpha value is -1.10. The topological polar surface area (TPSA) is 60.8 Å². The second kappa shape index (κ2) is 7.78. The van der Waals surface area contributed by atoms with Gasteiger partial charge in [0.2, 0.25) is 0 Å². The monoisotopic (exact) mass is 311 g/mol. The van der Waals surface area contributed by atoms with Crippen LogP contribution in [-0.4, -0.2) is 40.7 Å². The summed E-state index contributed by atoms with van der Waals surface area (Å²) in [6, 6.07) is 7.38. The zero-order chi connectivity index (χ0) is 15.2. The van der Waals surface area contributed by atoms with E-state index in [9.17, 15) is 9.90 Å². The van der Waals surface area contributed by atoms with Gasteiger partial charge in [0.25, 0.3) is 0 Å². The molecule has 1 aliphatic rings. The van der Waals surface area contributed by atoms with Gasteiger partial charge in [-0.1, -0.05) is 23.7 Å². The third kappa shape index (κ3) is 4.99. The van der Waals surface area contributed by atoms with Crippen LogP contribution in [0.4, 0.5) is 0 Å². The Morgan fingerprint density at radius 3 is 2.48 bits per heavy atom. The van der Waals surface area contributed by atoms with Gasteiger partial charge in [-0.3, -0.25) is 4.79 Å². The van der Waals surface area contributed by atoms with E-state index in [2.05, 4.69) is 4.90 Å². The van der Waals surface area contributed by atoms with Gasteiger partial charge in [-0.15, -0.1) is 0 Å². The number of rotatable bonds is 6. The summed E-state index contributed by atoms with van der Waals surface area (Å²) in [5.41, 5.74) is 0.920. The molecular formula is C16H22ClNO3. The Morgan fingerprint density at radius 2 is 1.90 bits per heavy atom. The van der Waals surface area contributed by atoms with Crippen molar-refractivity contribution in [2.45, 2.75) is 31.8 Å². The molecule has 1 atom stereocenters. The van der Waals surface area contributed by atoms with Crippen molar-refractivity contribution in [2.75, 3.05) is 19.6 Å². The number of halogens is 1. The van der Waals surface area contributed by atoms with E-state index in [-0.39, 0.29) is 12.3 Å². The Bertz CT molecular complexity index is 455. The summed E-state index contributed by atoms with van der Waals surface area (Å²) in [5.74, 6) is -0.468. The van der Waals surface area contributed by atoms with Crippen LogP contribution in [0.25, 0.3) is 0 Å². The Labute approximate surface area is 130 Å². The second-order valence-corrected chi connectivity index (χ2v) is 6.11. The minimum atomic E-state index is -0.733. The molecule has 1 aromatic rings. The van der Waals surface area contributed by atoms with Crippen molar-refractivity contribution >= 4 is 17.6 Å². The minimum absolute atomic E-state index is 0.229. The smallest absolute Gasteiger partial charge is 0.303 e. The van der Waals surface area contributed by atoms with E-state index in [1.807, 2.05) is 12.1 Å². The highest BCUT2D eigenvalue weighted by Crippen LogP contribution is 2.31. The molecule has 2 N–H and O–H groups in total. The van der Waals surface area contributed by atoms with Crippen LogP contribution in [0, 0.1) is 5.92 Å². The van der Waals surface area contributed by atoms with Gasteiger partial charge in [0, 0.05) is 11.4 Å². The summed E-state index contributed by atoms with van der Waals surface area (Å²) in [4.78, 5) is 12.8. The fraction of sp³-hybridized carbons (Fsp3) is 0.562. The third-order valence-electron chi connectivity index (χ3n) is 4.16. The maximum Gasteiger partial charge on any atom is 0.303 e. The molecule has 116 valence electrons. The molecule has 4 nitrogen and oxygen atoms in total. The third-order valence-corrected chi connectivity index (χ3v) is 4.41. The molecule has 21 heavy (non-hydrogen) atoms. The van der Waals surface area contributed by atoms with Gasteiger partial charge in [-0.05, 0) is 62.5 Å². The fourth-order valence-corrected chi connectivity index (χ4v) is 3.00. The molecule has 0 amide bonds. The molecule has 1 fully saturated rings. The van der Waals surface area contributed by atoms with E-state index < -0.39 is 12.1 Å². The van der Waals surface area contributed by atoms with E-state index in [4.69, 9.17) is 16.7 Å². The molecule has 0 aliphatic carbocycles. The van der Waals surface area contributed by atoms with Crippen LogP contribution in [0.15, 0.2) is 24.3 Å². The first kappa shape index (κ1) is 16.3. The lowest BCUT2D eigenvalue weighted by molar-refractivity contribution is -0.137. The van der Waals surface area contributed by atoms with Crippen LogP contribution in [0.3, 0.4) is 0 Å².